The topological polar surface area (TPSA) is 52.6 Å². The average molecular weight is 198 g/mol. The minimum absolute atomic E-state index is 0.145. The molecule has 2 atom stereocenters. The summed E-state index contributed by atoms with van der Waals surface area (Å²) in [5.74, 6) is 0.145. The highest BCUT2D eigenvalue weighted by atomic mass is 16.3. The molecule has 80 valence electrons. The molecule has 2 unspecified atom stereocenters. The first-order chi connectivity index (χ1) is 6.68. The zero-order valence-electron chi connectivity index (χ0n) is 8.57. The van der Waals surface area contributed by atoms with E-state index in [2.05, 4.69) is 5.32 Å². The van der Waals surface area contributed by atoms with Gasteiger partial charge in [-0.2, -0.15) is 0 Å². The predicted octanol–water partition coefficient (Wildman–Crippen LogP) is -0.280. The Morgan fingerprint density at radius 2 is 2.21 bits per heavy atom. The molecule has 0 aromatic rings. The smallest absolute Gasteiger partial charge is 0.239 e. The summed E-state index contributed by atoms with van der Waals surface area (Å²) in [6, 6.07) is 0.289. The van der Waals surface area contributed by atoms with Gasteiger partial charge in [-0.05, 0) is 25.7 Å². The maximum Gasteiger partial charge on any atom is 0.239 e. The van der Waals surface area contributed by atoms with Gasteiger partial charge in [-0.15, -0.1) is 0 Å². The van der Waals surface area contributed by atoms with Gasteiger partial charge in [-0.3, -0.25) is 4.79 Å². The molecular weight excluding hydrogens is 180 g/mol. The molecule has 1 heterocycles. The lowest BCUT2D eigenvalue weighted by Crippen LogP contribution is -2.48. The van der Waals surface area contributed by atoms with Crippen LogP contribution >= 0.6 is 0 Å². The normalized spacial score (nSPS) is 32.7. The van der Waals surface area contributed by atoms with Gasteiger partial charge in [-0.1, -0.05) is 0 Å². The van der Waals surface area contributed by atoms with Gasteiger partial charge in [0.15, 0.2) is 0 Å². The van der Waals surface area contributed by atoms with Crippen molar-refractivity contribution < 1.29 is 9.90 Å². The number of rotatable bonds is 2. The van der Waals surface area contributed by atoms with E-state index in [-0.39, 0.29) is 18.1 Å². The molecule has 0 aromatic carbocycles. The molecule has 2 aliphatic rings. The number of aliphatic hydroxyl groups excluding tert-OH is 1. The van der Waals surface area contributed by atoms with Crippen LogP contribution in [0.25, 0.3) is 0 Å². The zero-order chi connectivity index (χ0) is 10.1. The second kappa shape index (κ2) is 3.87. The Balaban J connectivity index is 1.87. The van der Waals surface area contributed by atoms with E-state index < -0.39 is 0 Å². The van der Waals surface area contributed by atoms with Gasteiger partial charge in [-0.25, -0.2) is 0 Å². The summed E-state index contributed by atoms with van der Waals surface area (Å²) in [6.45, 7) is 0.551. The summed E-state index contributed by atoms with van der Waals surface area (Å²) in [6.07, 6.45) is 3.73. The number of hydrogen-bond acceptors (Lipinski definition) is 3. The van der Waals surface area contributed by atoms with Crippen molar-refractivity contribution >= 4 is 5.91 Å². The molecule has 1 saturated heterocycles. The Kier molecular flexibility index (Phi) is 2.74. The second-order valence-electron chi connectivity index (χ2n) is 4.38. The number of nitrogens with one attached hydrogen (secondary N) is 1. The fourth-order valence-electron chi connectivity index (χ4n) is 2.10. The summed E-state index contributed by atoms with van der Waals surface area (Å²) in [7, 11) is 1.87. The van der Waals surface area contributed by atoms with E-state index in [1.807, 2.05) is 11.9 Å². The molecule has 1 aliphatic heterocycles. The van der Waals surface area contributed by atoms with E-state index in [1.54, 1.807) is 0 Å². The molecule has 2 N–H and O–H groups in total. The van der Waals surface area contributed by atoms with Gasteiger partial charge in [0.2, 0.25) is 5.91 Å². The fourth-order valence-corrected chi connectivity index (χ4v) is 2.10. The molecule has 1 aliphatic carbocycles. The van der Waals surface area contributed by atoms with Crippen molar-refractivity contribution in [2.45, 2.75) is 43.9 Å². The Hall–Kier alpha value is -0.610. The molecule has 4 nitrogen and oxygen atoms in total. The second-order valence-corrected chi connectivity index (χ2v) is 4.38. The Labute approximate surface area is 84.3 Å². The summed E-state index contributed by atoms with van der Waals surface area (Å²) < 4.78 is 0. The quantitative estimate of drug-likeness (QED) is 0.641. The van der Waals surface area contributed by atoms with Crippen LogP contribution in [0.3, 0.4) is 0 Å². The highest BCUT2D eigenvalue weighted by Crippen LogP contribution is 2.24. The van der Waals surface area contributed by atoms with Crippen LogP contribution in [-0.2, 0) is 4.79 Å². The zero-order valence-corrected chi connectivity index (χ0v) is 8.57. The van der Waals surface area contributed by atoms with Gasteiger partial charge in [0, 0.05) is 19.6 Å². The molecule has 0 radical (unpaired) electrons. The molecule has 0 spiro atoms. The Morgan fingerprint density at radius 1 is 1.50 bits per heavy atom. The maximum absolute atomic E-state index is 11.9. The molecule has 1 amide bonds. The van der Waals surface area contributed by atoms with Gasteiger partial charge < -0.3 is 15.3 Å². The fraction of sp³-hybridized carbons (Fsp3) is 0.900. The number of hydrogen-bond donors (Lipinski definition) is 2. The lowest BCUT2D eigenvalue weighted by Gasteiger charge is -2.36. The van der Waals surface area contributed by atoms with E-state index in [1.165, 1.54) is 6.42 Å². The maximum atomic E-state index is 11.9. The molecule has 2 fully saturated rings. The van der Waals surface area contributed by atoms with Crippen LogP contribution in [-0.4, -0.2) is 47.7 Å². The first-order valence-electron chi connectivity index (χ1n) is 5.36. The molecule has 0 bridgehead atoms. The third kappa shape index (κ3) is 1.77. The standard InChI is InChI=1S/C10H18N2O2/c1-12(7-3-2-4-7)10(14)9-5-8(13)6-11-9/h7-9,11,13H,2-6H2,1H3. The van der Waals surface area contributed by atoms with Crippen molar-refractivity contribution in [1.82, 2.24) is 10.2 Å². The third-order valence-corrected chi connectivity index (χ3v) is 3.38. The summed E-state index contributed by atoms with van der Waals surface area (Å²) in [4.78, 5) is 13.7. The third-order valence-electron chi connectivity index (χ3n) is 3.38. The largest absolute Gasteiger partial charge is 0.392 e. The van der Waals surface area contributed by atoms with Crippen LogP contribution in [0.1, 0.15) is 25.7 Å². The van der Waals surface area contributed by atoms with Crippen LogP contribution in [0.2, 0.25) is 0 Å². The van der Waals surface area contributed by atoms with Crippen LogP contribution in [0.15, 0.2) is 0 Å². The Bertz CT molecular complexity index is 224. The molecule has 4 heteroatoms. The number of β-amino-alcohol motifs (C(OH)–C–C–N with tert-alkyl or cyclic N) is 1. The molecular formula is C10H18N2O2. The van der Waals surface area contributed by atoms with Crippen LogP contribution < -0.4 is 5.32 Å². The predicted molar refractivity (Wildman–Crippen MR) is 52.8 cm³/mol. The van der Waals surface area contributed by atoms with E-state index in [9.17, 15) is 9.90 Å². The number of aliphatic hydroxyl groups is 1. The van der Waals surface area contributed by atoms with Crippen molar-refractivity contribution in [3.63, 3.8) is 0 Å². The number of amides is 1. The average Bonchev–Trinajstić information content (AvgIpc) is 2.47. The number of nitrogens with zero attached hydrogens (tertiary/aromatic N) is 1. The minimum Gasteiger partial charge on any atom is -0.392 e. The van der Waals surface area contributed by atoms with Crippen LogP contribution in [0.4, 0.5) is 0 Å². The monoisotopic (exact) mass is 198 g/mol. The molecule has 1 saturated carbocycles. The minimum atomic E-state index is -0.348. The van der Waals surface area contributed by atoms with E-state index in [0.717, 1.165) is 12.8 Å². The van der Waals surface area contributed by atoms with E-state index >= 15 is 0 Å². The van der Waals surface area contributed by atoms with Gasteiger partial charge in [0.1, 0.15) is 0 Å². The highest BCUT2D eigenvalue weighted by molar-refractivity contribution is 5.82. The van der Waals surface area contributed by atoms with Crippen molar-refractivity contribution in [2.24, 2.45) is 0 Å². The Morgan fingerprint density at radius 3 is 2.64 bits per heavy atom. The molecule has 14 heavy (non-hydrogen) atoms. The van der Waals surface area contributed by atoms with Crippen molar-refractivity contribution in [1.29, 1.82) is 0 Å². The van der Waals surface area contributed by atoms with Crippen LogP contribution in [0.5, 0.6) is 0 Å². The van der Waals surface area contributed by atoms with E-state index in [4.69, 9.17) is 0 Å². The number of likely N-dealkylation sites (N-methyl/N-ethyl adjacent to an activating group) is 1. The van der Waals surface area contributed by atoms with Crippen molar-refractivity contribution in [3.05, 3.63) is 0 Å². The lowest BCUT2D eigenvalue weighted by atomic mass is 9.91. The van der Waals surface area contributed by atoms with Crippen LogP contribution in [0, 0.1) is 0 Å². The lowest BCUT2D eigenvalue weighted by molar-refractivity contribution is -0.135. The first kappa shape index (κ1) is 9.93. The van der Waals surface area contributed by atoms with Gasteiger partial charge in [0.05, 0.1) is 12.1 Å². The van der Waals surface area contributed by atoms with Crippen molar-refractivity contribution in [3.8, 4) is 0 Å². The van der Waals surface area contributed by atoms with Crippen molar-refractivity contribution in [2.75, 3.05) is 13.6 Å². The first-order valence-corrected chi connectivity index (χ1v) is 5.36. The molecule has 2 rings (SSSR count). The SMILES string of the molecule is CN(C(=O)C1CC(O)CN1)C1CCC1. The summed E-state index contributed by atoms with van der Waals surface area (Å²) in [5.41, 5.74) is 0. The number of carbonyl (C=O) groups is 1. The van der Waals surface area contributed by atoms with Gasteiger partial charge >= 0.3 is 0 Å². The number of carbonyl (C=O) groups excluding carboxylic acids is 1. The van der Waals surface area contributed by atoms with E-state index in [0.29, 0.717) is 19.0 Å². The molecule has 0 aromatic heterocycles. The summed E-state index contributed by atoms with van der Waals surface area (Å²) >= 11 is 0. The van der Waals surface area contributed by atoms with Gasteiger partial charge in [0.25, 0.3) is 0 Å². The highest BCUT2D eigenvalue weighted by Gasteiger charge is 2.34. The summed E-state index contributed by atoms with van der Waals surface area (Å²) in [5, 5.41) is 12.4.